The highest BCUT2D eigenvalue weighted by Crippen LogP contribution is 2.26. The summed E-state index contributed by atoms with van der Waals surface area (Å²) < 4.78 is 1.94. The number of pyridine rings is 1. The number of carbonyl (C=O) groups excluding carboxylic acids is 1. The molecule has 2 aromatic heterocycles. The number of nitrogens with zero attached hydrogens (tertiary/aromatic N) is 4. The minimum absolute atomic E-state index is 0.141. The largest absolute Gasteiger partial charge is 0.337 e. The highest BCUT2D eigenvalue weighted by molar-refractivity contribution is 5.94. The van der Waals surface area contributed by atoms with Crippen LogP contribution in [0.5, 0.6) is 0 Å². The van der Waals surface area contributed by atoms with Gasteiger partial charge in [-0.2, -0.15) is 5.10 Å². The second-order valence-corrected chi connectivity index (χ2v) is 8.46. The van der Waals surface area contributed by atoms with Crippen LogP contribution in [0.1, 0.15) is 65.8 Å². The molecule has 0 bridgehead atoms. The first-order valence-corrected chi connectivity index (χ1v) is 11.2. The Labute approximate surface area is 173 Å². The van der Waals surface area contributed by atoms with Gasteiger partial charge >= 0.3 is 0 Å². The van der Waals surface area contributed by atoms with Crippen molar-refractivity contribution >= 4 is 5.91 Å². The van der Waals surface area contributed by atoms with E-state index >= 15 is 0 Å². The van der Waals surface area contributed by atoms with Crippen LogP contribution < -0.4 is 5.32 Å². The van der Waals surface area contributed by atoms with Crippen molar-refractivity contribution in [3.8, 4) is 0 Å². The summed E-state index contributed by atoms with van der Waals surface area (Å²) in [5.41, 5.74) is 4.47. The van der Waals surface area contributed by atoms with E-state index in [0.717, 1.165) is 64.6 Å². The fourth-order valence-electron chi connectivity index (χ4n) is 4.71. The van der Waals surface area contributed by atoms with E-state index in [1.54, 1.807) is 0 Å². The lowest BCUT2D eigenvalue weighted by Crippen LogP contribution is -2.37. The zero-order valence-electron chi connectivity index (χ0n) is 17.6. The van der Waals surface area contributed by atoms with Crippen molar-refractivity contribution in [2.45, 2.75) is 63.8 Å². The molecule has 0 aromatic carbocycles. The fraction of sp³-hybridized carbons (Fsp3) is 0.609. The van der Waals surface area contributed by atoms with E-state index in [4.69, 9.17) is 0 Å². The topological polar surface area (TPSA) is 63.1 Å². The maximum atomic E-state index is 13.2. The number of amides is 1. The summed E-state index contributed by atoms with van der Waals surface area (Å²) in [6, 6.07) is 4.60. The summed E-state index contributed by atoms with van der Waals surface area (Å²) in [5.74, 6) is 0.141. The SMILES string of the molecule is Cn1nc(C(=O)N2CCCCCC2)c2c1CC[C@H](NCCCc1ccncc1)C2. The molecule has 6 heteroatoms. The van der Waals surface area contributed by atoms with Crippen LogP contribution in [0, 0.1) is 0 Å². The van der Waals surface area contributed by atoms with Crippen molar-refractivity contribution in [3.05, 3.63) is 47.0 Å². The maximum Gasteiger partial charge on any atom is 0.274 e. The Morgan fingerprint density at radius 2 is 1.93 bits per heavy atom. The van der Waals surface area contributed by atoms with Gasteiger partial charge in [0.1, 0.15) is 0 Å². The Hall–Kier alpha value is -2.21. The lowest BCUT2D eigenvalue weighted by Gasteiger charge is -2.25. The van der Waals surface area contributed by atoms with Crippen molar-refractivity contribution in [2.24, 2.45) is 7.05 Å². The van der Waals surface area contributed by atoms with Gasteiger partial charge in [-0.3, -0.25) is 14.5 Å². The van der Waals surface area contributed by atoms with E-state index in [-0.39, 0.29) is 5.91 Å². The van der Waals surface area contributed by atoms with Gasteiger partial charge in [-0.05, 0) is 69.2 Å². The average Bonchev–Trinajstić information content (AvgIpc) is 2.92. The maximum absolute atomic E-state index is 13.2. The van der Waals surface area contributed by atoms with Crippen LogP contribution in [0.15, 0.2) is 24.5 Å². The highest BCUT2D eigenvalue weighted by atomic mass is 16.2. The van der Waals surface area contributed by atoms with Crippen LogP contribution >= 0.6 is 0 Å². The van der Waals surface area contributed by atoms with E-state index in [9.17, 15) is 4.79 Å². The van der Waals surface area contributed by atoms with Crippen molar-refractivity contribution < 1.29 is 4.79 Å². The Morgan fingerprint density at radius 1 is 1.17 bits per heavy atom. The van der Waals surface area contributed by atoms with E-state index < -0.39 is 0 Å². The minimum atomic E-state index is 0.141. The molecular weight excluding hydrogens is 362 g/mol. The number of fused-ring (bicyclic) bond motifs is 1. The Morgan fingerprint density at radius 3 is 2.69 bits per heavy atom. The summed E-state index contributed by atoms with van der Waals surface area (Å²) in [7, 11) is 1.99. The highest BCUT2D eigenvalue weighted by Gasteiger charge is 2.30. The van der Waals surface area contributed by atoms with Gasteiger partial charge in [-0.15, -0.1) is 0 Å². The molecule has 4 rings (SSSR count). The van der Waals surface area contributed by atoms with Gasteiger partial charge in [-0.25, -0.2) is 0 Å². The van der Waals surface area contributed by atoms with Crippen LogP contribution in [-0.2, 0) is 26.3 Å². The van der Waals surface area contributed by atoms with Crippen molar-refractivity contribution in [1.82, 2.24) is 25.0 Å². The van der Waals surface area contributed by atoms with E-state index in [1.807, 2.05) is 29.0 Å². The predicted octanol–water partition coefficient (Wildman–Crippen LogP) is 2.91. The zero-order chi connectivity index (χ0) is 20.1. The zero-order valence-corrected chi connectivity index (χ0v) is 17.6. The molecule has 1 aliphatic carbocycles. The number of aromatic nitrogens is 3. The molecular formula is C23H33N5O. The van der Waals surface area contributed by atoms with Crippen LogP contribution in [0.2, 0.25) is 0 Å². The number of hydrogen-bond donors (Lipinski definition) is 1. The van der Waals surface area contributed by atoms with Crippen LogP contribution in [0.3, 0.4) is 0 Å². The molecule has 1 aliphatic heterocycles. The molecule has 0 saturated carbocycles. The third-order valence-electron chi connectivity index (χ3n) is 6.38. The number of hydrogen-bond acceptors (Lipinski definition) is 4. The molecule has 1 saturated heterocycles. The third kappa shape index (κ3) is 4.86. The number of aryl methyl sites for hydroxylation is 2. The molecule has 2 aliphatic rings. The number of rotatable bonds is 6. The summed E-state index contributed by atoms with van der Waals surface area (Å²) in [4.78, 5) is 19.3. The van der Waals surface area contributed by atoms with Crippen molar-refractivity contribution in [3.63, 3.8) is 0 Å². The molecule has 2 aromatic rings. The summed E-state index contributed by atoms with van der Waals surface area (Å²) >= 11 is 0. The Bertz CT molecular complexity index is 808. The monoisotopic (exact) mass is 395 g/mol. The van der Waals surface area contributed by atoms with Gasteiger partial charge < -0.3 is 10.2 Å². The molecule has 1 N–H and O–H groups in total. The number of likely N-dealkylation sites (tertiary alicyclic amines) is 1. The molecule has 3 heterocycles. The number of nitrogens with one attached hydrogen (secondary N) is 1. The van der Waals surface area contributed by atoms with Gasteiger partial charge in [0.15, 0.2) is 5.69 Å². The Balaban J connectivity index is 1.36. The quantitative estimate of drug-likeness (QED) is 0.764. The lowest BCUT2D eigenvalue weighted by atomic mass is 9.91. The first-order valence-electron chi connectivity index (χ1n) is 11.2. The van der Waals surface area contributed by atoms with E-state index in [1.165, 1.54) is 29.7 Å². The molecule has 29 heavy (non-hydrogen) atoms. The van der Waals surface area contributed by atoms with Crippen LogP contribution in [0.25, 0.3) is 0 Å². The second-order valence-electron chi connectivity index (χ2n) is 8.46. The van der Waals surface area contributed by atoms with Gasteiger partial charge in [0.25, 0.3) is 5.91 Å². The van der Waals surface area contributed by atoms with Crippen LogP contribution in [0.4, 0.5) is 0 Å². The smallest absolute Gasteiger partial charge is 0.274 e. The normalized spacial score (nSPS) is 19.6. The Kier molecular flexibility index (Phi) is 6.60. The molecule has 0 unspecified atom stereocenters. The molecule has 156 valence electrons. The first-order chi connectivity index (χ1) is 14.2. The van der Waals surface area contributed by atoms with Crippen LogP contribution in [-0.4, -0.2) is 51.2 Å². The average molecular weight is 396 g/mol. The molecule has 0 radical (unpaired) electrons. The van der Waals surface area contributed by atoms with Crippen molar-refractivity contribution in [1.29, 1.82) is 0 Å². The second kappa shape index (κ2) is 9.53. The van der Waals surface area contributed by atoms with Gasteiger partial charge in [0.05, 0.1) is 0 Å². The molecule has 1 amide bonds. The molecule has 1 atom stereocenters. The van der Waals surface area contributed by atoms with E-state index in [2.05, 4.69) is 27.5 Å². The number of carbonyl (C=O) groups is 1. The van der Waals surface area contributed by atoms with E-state index in [0.29, 0.717) is 11.7 Å². The summed E-state index contributed by atoms with van der Waals surface area (Å²) in [5, 5.41) is 8.38. The van der Waals surface area contributed by atoms with Gasteiger partial charge in [-0.1, -0.05) is 12.8 Å². The molecule has 0 spiro atoms. The third-order valence-corrected chi connectivity index (χ3v) is 6.38. The first kappa shape index (κ1) is 20.1. The minimum Gasteiger partial charge on any atom is -0.337 e. The summed E-state index contributed by atoms with van der Waals surface area (Å²) in [6.07, 6.45) is 13.6. The summed E-state index contributed by atoms with van der Waals surface area (Å²) in [6.45, 7) is 2.75. The molecule has 6 nitrogen and oxygen atoms in total. The van der Waals surface area contributed by atoms with Crippen molar-refractivity contribution in [2.75, 3.05) is 19.6 Å². The molecule has 1 fully saturated rings. The standard InChI is InChI=1S/C23H33N5O/c1-27-21-9-8-19(25-12-6-7-18-10-13-24-14-11-18)17-20(21)22(26-27)23(29)28-15-4-2-3-5-16-28/h10-11,13-14,19,25H,2-9,12,15-17H2,1H3/t19-/m0/s1. The fourth-order valence-corrected chi connectivity index (χ4v) is 4.71. The predicted molar refractivity (Wildman–Crippen MR) is 114 cm³/mol. The lowest BCUT2D eigenvalue weighted by molar-refractivity contribution is 0.0753. The van der Waals surface area contributed by atoms with Gasteiger partial charge in [0.2, 0.25) is 0 Å². The van der Waals surface area contributed by atoms with Gasteiger partial charge in [0, 0.05) is 49.8 Å².